The number of carbonyl (C=O) groups is 1. The number of nitrogens with zero attached hydrogens (tertiary/aromatic N) is 3. The minimum atomic E-state index is -0.772. The highest BCUT2D eigenvalue weighted by Gasteiger charge is 2.27. The largest absolute Gasteiger partial charge is 0.487 e. The van der Waals surface area contributed by atoms with Gasteiger partial charge in [-0.15, -0.1) is 11.3 Å². The van der Waals surface area contributed by atoms with Crippen molar-refractivity contribution in [3.8, 4) is 5.75 Å². The number of halogens is 2. The van der Waals surface area contributed by atoms with Gasteiger partial charge in [0.25, 0.3) is 11.6 Å². The van der Waals surface area contributed by atoms with Crippen LogP contribution >= 0.6 is 23.1 Å². The van der Waals surface area contributed by atoms with Crippen LogP contribution in [0.15, 0.2) is 51.0 Å². The Hall–Kier alpha value is -3.05. The SMILES string of the molecule is Cc1csc(Sc2ccc(C(=O)N3CCC(Oc4ccc(F)cc4F)CC3)cc2[N+](=O)[O-])n1. The van der Waals surface area contributed by atoms with E-state index in [1.165, 1.54) is 35.2 Å². The Morgan fingerprint density at radius 1 is 1.24 bits per heavy atom. The van der Waals surface area contributed by atoms with Crippen LogP contribution in [0.1, 0.15) is 28.9 Å². The first-order valence-electron chi connectivity index (χ1n) is 10.1. The fraction of sp³-hybridized carbons (Fsp3) is 0.273. The van der Waals surface area contributed by atoms with Gasteiger partial charge in [0.15, 0.2) is 15.9 Å². The van der Waals surface area contributed by atoms with E-state index in [1.807, 2.05) is 12.3 Å². The van der Waals surface area contributed by atoms with Gasteiger partial charge >= 0.3 is 0 Å². The fourth-order valence-corrected chi connectivity index (χ4v) is 5.34. The van der Waals surface area contributed by atoms with Gasteiger partial charge < -0.3 is 9.64 Å². The molecule has 0 atom stereocenters. The number of carbonyl (C=O) groups excluding carboxylic acids is 1. The van der Waals surface area contributed by atoms with Gasteiger partial charge in [-0.2, -0.15) is 0 Å². The number of nitro benzene ring substituents is 1. The Kier molecular flexibility index (Phi) is 6.89. The maximum Gasteiger partial charge on any atom is 0.284 e. The molecule has 7 nitrogen and oxygen atoms in total. The van der Waals surface area contributed by atoms with Crippen LogP contribution in [-0.4, -0.2) is 39.9 Å². The number of benzene rings is 2. The zero-order valence-electron chi connectivity index (χ0n) is 17.5. The van der Waals surface area contributed by atoms with Gasteiger partial charge in [0.1, 0.15) is 11.9 Å². The molecule has 2 aromatic carbocycles. The molecular weight excluding hydrogens is 472 g/mol. The summed E-state index contributed by atoms with van der Waals surface area (Å²) in [6.45, 7) is 2.56. The maximum atomic E-state index is 13.8. The molecular formula is C22H19F2N3O4S2. The van der Waals surface area contributed by atoms with Gasteiger partial charge in [-0.05, 0) is 31.2 Å². The summed E-state index contributed by atoms with van der Waals surface area (Å²) in [7, 11) is 0. The summed E-state index contributed by atoms with van der Waals surface area (Å²) in [6.07, 6.45) is 0.605. The molecule has 1 amide bonds. The van der Waals surface area contributed by atoms with Crippen LogP contribution in [-0.2, 0) is 0 Å². The first-order chi connectivity index (χ1) is 15.8. The number of hydrogen-bond donors (Lipinski definition) is 0. The van der Waals surface area contributed by atoms with E-state index >= 15 is 0 Å². The molecule has 0 radical (unpaired) electrons. The second kappa shape index (κ2) is 9.84. The van der Waals surface area contributed by atoms with Crippen molar-refractivity contribution in [1.29, 1.82) is 0 Å². The van der Waals surface area contributed by atoms with Crippen LogP contribution < -0.4 is 4.74 Å². The zero-order chi connectivity index (χ0) is 23.5. The Labute approximate surface area is 196 Å². The molecule has 4 rings (SSSR count). The highest BCUT2D eigenvalue weighted by atomic mass is 32.2. The predicted octanol–water partition coefficient (Wildman–Crippen LogP) is 5.47. The fourth-order valence-electron chi connectivity index (χ4n) is 3.46. The summed E-state index contributed by atoms with van der Waals surface area (Å²) >= 11 is 2.59. The molecule has 11 heteroatoms. The second-order valence-corrected chi connectivity index (χ2v) is 9.63. The van der Waals surface area contributed by atoms with Gasteiger partial charge in [0, 0.05) is 54.7 Å². The highest BCUT2D eigenvalue weighted by molar-refractivity contribution is 8.01. The number of nitro groups is 1. The molecule has 3 aromatic rings. The number of rotatable bonds is 6. The van der Waals surface area contributed by atoms with Crippen LogP contribution in [0.25, 0.3) is 0 Å². The lowest BCUT2D eigenvalue weighted by Gasteiger charge is -2.32. The lowest BCUT2D eigenvalue weighted by molar-refractivity contribution is -0.387. The first-order valence-corrected chi connectivity index (χ1v) is 11.8. The van der Waals surface area contributed by atoms with Crippen LogP contribution in [0.3, 0.4) is 0 Å². The molecule has 1 aliphatic rings. The molecule has 0 spiro atoms. The summed E-state index contributed by atoms with van der Waals surface area (Å²) in [6, 6.07) is 7.57. The highest BCUT2D eigenvalue weighted by Crippen LogP contribution is 2.37. The van der Waals surface area contributed by atoms with E-state index in [1.54, 1.807) is 17.0 Å². The minimum absolute atomic E-state index is 0.0275. The third kappa shape index (κ3) is 5.48. The van der Waals surface area contributed by atoms with Crippen LogP contribution in [0.4, 0.5) is 14.5 Å². The van der Waals surface area contributed by atoms with Gasteiger partial charge in [0.2, 0.25) is 0 Å². The number of ether oxygens (including phenoxy) is 1. The Balaban J connectivity index is 1.41. The van der Waals surface area contributed by atoms with Crippen molar-refractivity contribution in [3.63, 3.8) is 0 Å². The van der Waals surface area contributed by atoms with Crippen molar-refractivity contribution < 1.29 is 23.2 Å². The molecule has 0 unspecified atom stereocenters. The van der Waals surface area contributed by atoms with E-state index in [0.717, 1.165) is 17.8 Å². The molecule has 0 N–H and O–H groups in total. The topological polar surface area (TPSA) is 85.6 Å². The number of thiazole rings is 1. The lowest BCUT2D eigenvalue weighted by Crippen LogP contribution is -2.41. The molecule has 0 saturated carbocycles. The molecule has 1 aliphatic heterocycles. The number of aromatic nitrogens is 1. The number of likely N-dealkylation sites (tertiary alicyclic amines) is 1. The average Bonchev–Trinajstić information content (AvgIpc) is 3.20. The molecule has 0 bridgehead atoms. The molecule has 2 heterocycles. The van der Waals surface area contributed by atoms with E-state index in [4.69, 9.17) is 4.74 Å². The molecule has 1 saturated heterocycles. The summed E-state index contributed by atoms with van der Waals surface area (Å²) < 4.78 is 33.2. The minimum Gasteiger partial charge on any atom is -0.487 e. The number of aryl methyl sites for hydroxylation is 1. The van der Waals surface area contributed by atoms with E-state index in [9.17, 15) is 23.7 Å². The molecule has 0 aliphatic carbocycles. The van der Waals surface area contributed by atoms with Gasteiger partial charge in [-0.25, -0.2) is 13.8 Å². The normalized spacial score (nSPS) is 14.3. The van der Waals surface area contributed by atoms with Crippen LogP contribution in [0.5, 0.6) is 5.75 Å². The Bertz CT molecular complexity index is 1200. The van der Waals surface area contributed by atoms with Crippen molar-refractivity contribution >= 4 is 34.7 Å². The van der Waals surface area contributed by atoms with E-state index in [0.29, 0.717) is 35.2 Å². The Morgan fingerprint density at radius 2 is 2.00 bits per heavy atom. The van der Waals surface area contributed by atoms with E-state index in [2.05, 4.69) is 4.98 Å². The Morgan fingerprint density at radius 3 is 2.64 bits per heavy atom. The number of piperidine rings is 1. The summed E-state index contributed by atoms with van der Waals surface area (Å²) in [5.41, 5.74) is 0.917. The van der Waals surface area contributed by atoms with Crippen molar-refractivity contribution in [2.24, 2.45) is 0 Å². The smallest absolute Gasteiger partial charge is 0.284 e. The standard InChI is InChI=1S/C22H19F2N3O4S2/c1-13-12-32-22(25-13)33-20-5-2-14(10-18(20)27(29)30)21(28)26-8-6-16(7-9-26)31-19-4-3-15(23)11-17(19)24/h2-5,10-12,16H,6-9H2,1H3. The second-order valence-electron chi connectivity index (χ2n) is 7.48. The van der Waals surface area contributed by atoms with Crippen molar-refractivity contribution in [3.05, 3.63) is 74.8 Å². The quantitative estimate of drug-likeness (QED) is 0.336. The van der Waals surface area contributed by atoms with E-state index < -0.39 is 16.6 Å². The molecule has 33 heavy (non-hydrogen) atoms. The third-order valence-corrected chi connectivity index (χ3v) is 7.24. The zero-order valence-corrected chi connectivity index (χ0v) is 19.1. The van der Waals surface area contributed by atoms with Crippen LogP contribution in [0, 0.1) is 28.7 Å². The molecule has 1 fully saturated rings. The summed E-state index contributed by atoms with van der Waals surface area (Å²) in [4.78, 5) is 30.4. The average molecular weight is 492 g/mol. The lowest BCUT2D eigenvalue weighted by atomic mass is 10.1. The van der Waals surface area contributed by atoms with Crippen molar-refractivity contribution in [2.75, 3.05) is 13.1 Å². The van der Waals surface area contributed by atoms with Crippen molar-refractivity contribution in [1.82, 2.24) is 9.88 Å². The number of hydrogen-bond acceptors (Lipinski definition) is 7. The molecule has 172 valence electrons. The third-order valence-electron chi connectivity index (χ3n) is 5.11. The van der Waals surface area contributed by atoms with Crippen LogP contribution in [0.2, 0.25) is 0 Å². The van der Waals surface area contributed by atoms with Crippen molar-refractivity contribution in [2.45, 2.75) is 35.1 Å². The monoisotopic (exact) mass is 491 g/mol. The predicted molar refractivity (Wildman–Crippen MR) is 120 cm³/mol. The number of amides is 1. The molecule has 1 aromatic heterocycles. The first kappa shape index (κ1) is 23.1. The summed E-state index contributed by atoms with van der Waals surface area (Å²) in [5, 5.41) is 13.5. The summed E-state index contributed by atoms with van der Waals surface area (Å²) in [5.74, 6) is -1.79. The van der Waals surface area contributed by atoms with Gasteiger partial charge in [0.05, 0.1) is 9.82 Å². The maximum absolute atomic E-state index is 13.8. The van der Waals surface area contributed by atoms with Gasteiger partial charge in [-0.1, -0.05) is 11.8 Å². The van der Waals surface area contributed by atoms with E-state index in [-0.39, 0.29) is 29.0 Å². The van der Waals surface area contributed by atoms with Gasteiger partial charge in [-0.3, -0.25) is 14.9 Å².